The van der Waals surface area contributed by atoms with Crippen molar-refractivity contribution in [2.75, 3.05) is 6.26 Å². The highest BCUT2D eigenvalue weighted by Gasteiger charge is 2.16. The molecule has 0 N–H and O–H groups in total. The van der Waals surface area contributed by atoms with Crippen molar-refractivity contribution in [3.05, 3.63) is 35.4 Å². The lowest BCUT2D eigenvalue weighted by Gasteiger charge is -2.23. The van der Waals surface area contributed by atoms with E-state index in [4.69, 9.17) is 0 Å². The van der Waals surface area contributed by atoms with Crippen LogP contribution in [0.15, 0.2) is 24.3 Å². The van der Waals surface area contributed by atoms with Crippen LogP contribution >= 0.6 is 11.8 Å². The van der Waals surface area contributed by atoms with E-state index in [0.29, 0.717) is 5.92 Å². The van der Waals surface area contributed by atoms with E-state index in [0.717, 1.165) is 17.6 Å². The van der Waals surface area contributed by atoms with Gasteiger partial charge in [0.05, 0.1) is 0 Å². The second-order valence-corrected chi connectivity index (χ2v) is 6.52. The standard InChI is InChI=1S/C16H26S.C2H6/c1-12(2)10-16(13(3)4)15-8-6-14(7-9-15)11-17-5;1-2/h6-9,12-13,16H,10-11H2,1-5H3;1-2H3. The summed E-state index contributed by atoms with van der Waals surface area (Å²) in [6, 6.07) is 9.25. The Morgan fingerprint density at radius 3 is 1.84 bits per heavy atom. The Hall–Kier alpha value is -0.430. The summed E-state index contributed by atoms with van der Waals surface area (Å²) in [6.07, 6.45) is 3.45. The first-order valence-electron chi connectivity index (χ1n) is 7.62. The van der Waals surface area contributed by atoms with Crippen LogP contribution in [0.2, 0.25) is 0 Å². The molecule has 1 heteroatoms. The van der Waals surface area contributed by atoms with E-state index >= 15 is 0 Å². The molecule has 0 aliphatic carbocycles. The molecule has 0 aromatic heterocycles. The van der Waals surface area contributed by atoms with Gasteiger partial charge in [-0.15, -0.1) is 0 Å². The molecule has 0 fully saturated rings. The molecule has 1 atom stereocenters. The number of rotatable bonds is 6. The Balaban J connectivity index is 0.00000154. The molecule has 0 saturated carbocycles. The van der Waals surface area contributed by atoms with Crippen LogP contribution in [-0.2, 0) is 5.75 Å². The highest BCUT2D eigenvalue weighted by atomic mass is 32.2. The van der Waals surface area contributed by atoms with E-state index in [1.54, 1.807) is 0 Å². The second kappa shape index (κ2) is 10.4. The fraction of sp³-hybridized carbons (Fsp3) is 0.667. The smallest absolute Gasteiger partial charge is 0.0181 e. The van der Waals surface area contributed by atoms with Gasteiger partial charge in [0, 0.05) is 5.75 Å². The molecular weight excluding hydrogens is 248 g/mol. The van der Waals surface area contributed by atoms with E-state index in [-0.39, 0.29) is 0 Å². The minimum absolute atomic E-state index is 0.707. The lowest BCUT2D eigenvalue weighted by Crippen LogP contribution is -2.09. The highest BCUT2D eigenvalue weighted by Crippen LogP contribution is 2.31. The SMILES string of the molecule is CC.CSCc1ccc(C(CC(C)C)C(C)C)cc1. The first-order chi connectivity index (χ1) is 9.04. The van der Waals surface area contributed by atoms with Crippen molar-refractivity contribution in [3.8, 4) is 0 Å². The van der Waals surface area contributed by atoms with Crippen molar-refractivity contribution >= 4 is 11.8 Å². The monoisotopic (exact) mass is 280 g/mol. The summed E-state index contributed by atoms with van der Waals surface area (Å²) in [5.41, 5.74) is 2.95. The molecule has 0 radical (unpaired) electrons. The van der Waals surface area contributed by atoms with E-state index in [1.165, 1.54) is 17.5 Å². The lowest BCUT2D eigenvalue weighted by molar-refractivity contribution is 0.408. The zero-order chi connectivity index (χ0) is 14.8. The molecule has 1 unspecified atom stereocenters. The summed E-state index contributed by atoms with van der Waals surface area (Å²) in [5.74, 6) is 3.33. The second-order valence-electron chi connectivity index (χ2n) is 5.65. The van der Waals surface area contributed by atoms with Gasteiger partial charge in [0.15, 0.2) is 0 Å². The summed E-state index contributed by atoms with van der Waals surface area (Å²) in [4.78, 5) is 0. The minimum Gasteiger partial charge on any atom is -0.161 e. The van der Waals surface area contributed by atoms with Crippen LogP contribution in [0.5, 0.6) is 0 Å². The Morgan fingerprint density at radius 1 is 0.947 bits per heavy atom. The number of benzene rings is 1. The maximum Gasteiger partial charge on any atom is 0.0181 e. The number of hydrogen-bond acceptors (Lipinski definition) is 1. The van der Waals surface area contributed by atoms with Crippen LogP contribution in [0, 0.1) is 11.8 Å². The van der Waals surface area contributed by atoms with Gasteiger partial charge in [-0.25, -0.2) is 0 Å². The van der Waals surface area contributed by atoms with Crippen LogP contribution in [0.1, 0.15) is 65.0 Å². The average Bonchev–Trinajstić information content (AvgIpc) is 2.39. The van der Waals surface area contributed by atoms with Gasteiger partial charge in [-0.1, -0.05) is 65.8 Å². The Labute approximate surface area is 125 Å². The molecule has 0 nitrogen and oxygen atoms in total. The molecular formula is C18H32S. The van der Waals surface area contributed by atoms with Crippen molar-refractivity contribution in [1.82, 2.24) is 0 Å². The first-order valence-corrected chi connectivity index (χ1v) is 9.01. The molecule has 0 saturated heterocycles. The molecule has 110 valence electrons. The van der Waals surface area contributed by atoms with Crippen LogP contribution in [0.4, 0.5) is 0 Å². The third-order valence-electron chi connectivity index (χ3n) is 3.25. The zero-order valence-corrected chi connectivity index (χ0v) is 14.7. The summed E-state index contributed by atoms with van der Waals surface area (Å²) in [6.45, 7) is 13.3. The van der Waals surface area contributed by atoms with Crippen LogP contribution in [0.25, 0.3) is 0 Å². The fourth-order valence-corrected chi connectivity index (χ4v) is 2.85. The van der Waals surface area contributed by atoms with Gasteiger partial charge in [0.25, 0.3) is 0 Å². The van der Waals surface area contributed by atoms with Crippen LogP contribution in [-0.4, -0.2) is 6.26 Å². The largest absolute Gasteiger partial charge is 0.161 e. The number of thioether (sulfide) groups is 1. The lowest BCUT2D eigenvalue weighted by atomic mass is 9.82. The molecule has 0 spiro atoms. The highest BCUT2D eigenvalue weighted by molar-refractivity contribution is 7.97. The van der Waals surface area contributed by atoms with Gasteiger partial charge in [-0.05, 0) is 41.6 Å². The molecule has 0 bridgehead atoms. The fourth-order valence-electron chi connectivity index (χ4n) is 2.33. The summed E-state index contributed by atoms with van der Waals surface area (Å²) < 4.78 is 0. The van der Waals surface area contributed by atoms with Crippen molar-refractivity contribution < 1.29 is 0 Å². The van der Waals surface area contributed by atoms with Crippen molar-refractivity contribution in [1.29, 1.82) is 0 Å². The van der Waals surface area contributed by atoms with Gasteiger partial charge in [0.2, 0.25) is 0 Å². The van der Waals surface area contributed by atoms with Crippen LogP contribution in [0.3, 0.4) is 0 Å². The first kappa shape index (κ1) is 18.6. The van der Waals surface area contributed by atoms with E-state index in [2.05, 4.69) is 58.2 Å². The molecule has 1 aromatic carbocycles. The quantitative estimate of drug-likeness (QED) is 0.584. The van der Waals surface area contributed by atoms with Gasteiger partial charge in [-0.2, -0.15) is 11.8 Å². The Bertz CT molecular complexity index is 311. The number of hydrogen-bond donors (Lipinski definition) is 0. The predicted molar refractivity (Wildman–Crippen MR) is 92.0 cm³/mol. The van der Waals surface area contributed by atoms with Gasteiger partial charge in [-0.3, -0.25) is 0 Å². The maximum absolute atomic E-state index is 2.34. The van der Waals surface area contributed by atoms with Crippen LogP contribution < -0.4 is 0 Å². The third kappa shape index (κ3) is 7.06. The molecule has 19 heavy (non-hydrogen) atoms. The van der Waals surface area contributed by atoms with E-state index in [9.17, 15) is 0 Å². The minimum atomic E-state index is 0.707. The molecule has 0 aliphatic heterocycles. The predicted octanol–water partition coefficient (Wildman–Crippen LogP) is 6.36. The van der Waals surface area contributed by atoms with Crippen molar-refractivity contribution in [2.24, 2.45) is 11.8 Å². The van der Waals surface area contributed by atoms with Crippen molar-refractivity contribution in [3.63, 3.8) is 0 Å². The molecule has 0 heterocycles. The topological polar surface area (TPSA) is 0 Å². The van der Waals surface area contributed by atoms with Gasteiger partial charge < -0.3 is 0 Å². The normalized spacial score (nSPS) is 12.3. The summed E-state index contributed by atoms with van der Waals surface area (Å²) in [5, 5.41) is 0. The van der Waals surface area contributed by atoms with E-state index < -0.39 is 0 Å². The van der Waals surface area contributed by atoms with Gasteiger partial charge >= 0.3 is 0 Å². The van der Waals surface area contributed by atoms with Gasteiger partial charge in [0.1, 0.15) is 0 Å². The summed E-state index contributed by atoms with van der Waals surface area (Å²) >= 11 is 1.89. The average molecular weight is 281 g/mol. The zero-order valence-electron chi connectivity index (χ0n) is 13.9. The van der Waals surface area contributed by atoms with E-state index in [1.807, 2.05) is 25.6 Å². The maximum atomic E-state index is 2.34. The Kier molecular flexibility index (Phi) is 10.1. The molecule has 0 amide bonds. The molecule has 1 rings (SSSR count). The molecule has 1 aromatic rings. The molecule has 0 aliphatic rings. The summed E-state index contributed by atoms with van der Waals surface area (Å²) in [7, 11) is 0. The third-order valence-corrected chi connectivity index (χ3v) is 3.87. The van der Waals surface area contributed by atoms with Crippen molar-refractivity contribution in [2.45, 2.75) is 59.6 Å². The Morgan fingerprint density at radius 2 is 1.47 bits per heavy atom.